The summed E-state index contributed by atoms with van der Waals surface area (Å²) in [5.74, 6) is 3.94. The minimum absolute atomic E-state index is 0.253. The van der Waals surface area contributed by atoms with E-state index >= 15 is 0 Å². The zero-order chi connectivity index (χ0) is 20.4. The fourth-order valence-corrected chi connectivity index (χ4v) is 4.20. The van der Waals surface area contributed by atoms with E-state index in [-0.39, 0.29) is 5.91 Å². The molecule has 8 heteroatoms. The van der Waals surface area contributed by atoms with Crippen LogP contribution in [0.1, 0.15) is 21.6 Å². The highest BCUT2D eigenvalue weighted by Crippen LogP contribution is 2.36. The highest BCUT2D eigenvalue weighted by atomic mass is 32.2. The number of hydrogen-bond acceptors (Lipinski definition) is 6. The van der Waals surface area contributed by atoms with Gasteiger partial charge in [0.15, 0.2) is 0 Å². The van der Waals surface area contributed by atoms with Crippen molar-refractivity contribution in [2.75, 3.05) is 26.6 Å². The molecule has 0 atom stereocenters. The van der Waals surface area contributed by atoms with Gasteiger partial charge in [-0.2, -0.15) is 16.9 Å². The number of benzene rings is 2. The molecule has 7 nitrogen and oxygen atoms in total. The third-order valence-corrected chi connectivity index (χ3v) is 5.68. The molecule has 0 bridgehead atoms. The Bertz CT molecular complexity index is 1020. The van der Waals surface area contributed by atoms with E-state index in [2.05, 4.69) is 5.32 Å². The van der Waals surface area contributed by atoms with Crippen LogP contribution in [-0.4, -0.2) is 37.0 Å². The molecule has 0 spiro atoms. The molecule has 4 rings (SSSR count). The van der Waals surface area contributed by atoms with Gasteiger partial charge in [-0.05, 0) is 36.4 Å². The van der Waals surface area contributed by atoms with Crippen molar-refractivity contribution in [3.05, 3.63) is 59.3 Å². The van der Waals surface area contributed by atoms with Crippen molar-refractivity contribution in [3.8, 4) is 22.9 Å². The molecule has 3 aromatic rings. The van der Waals surface area contributed by atoms with E-state index in [4.69, 9.17) is 19.3 Å². The molecule has 0 saturated carbocycles. The molecule has 2 aromatic carbocycles. The molecule has 2 heterocycles. The molecular weight excluding hydrogens is 390 g/mol. The van der Waals surface area contributed by atoms with Crippen molar-refractivity contribution < 1.29 is 19.0 Å². The third kappa shape index (κ3) is 3.75. The molecular formula is C21H21N3O4S. The van der Waals surface area contributed by atoms with E-state index in [1.165, 1.54) is 0 Å². The average Bonchev–Trinajstić information content (AvgIpc) is 3.36. The first-order chi connectivity index (χ1) is 14.1. The summed E-state index contributed by atoms with van der Waals surface area (Å²) in [7, 11) is 4.74. The fourth-order valence-electron chi connectivity index (χ4n) is 3.17. The third-order valence-electron chi connectivity index (χ3n) is 4.71. The topological polar surface area (TPSA) is 74.6 Å². The van der Waals surface area contributed by atoms with Gasteiger partial charge in [0.05, 0.1) is 32.7 Å². The van der Waals surface area contributed by atoms with Gasteiger partial charge in [0.2, 0.25) is 0 Å². The first-order valence-electron chi connectivity index (χ1n) is 9.00. The summed E-state index contributed by atoms with van der Waals surface area (Å²) < 4.78 is 17.6. The number of aromatic nitrogens is 2. The lowest BCUT2D eigenvalue weighted by atomic mass is 10.1. The number of nitrogens with zero attached hydrogens (tertiary/aromatic N) is 2. The molecule has 150 valence electrons. The van der Waals surface area contributed by atoms with Crippen molar-refractivity contribution >= 4 is 23.5 Å². The van der Waals surface area contributed by atoms with Gasteiger partial charge >= 0.3 is 0 Å². The number of fused-ring (bicyclic) bond motifs is 1. The lowest BCUT2D eigenvalue weighted by molar-refractivity contribution is 0.102. The van der Waals surface area contributed by atoms with Crippen molar-refractivity contribution in [2.24, 2.45) is 0 Å². The first kappa shape index (κ1) is 19.2. The number of ether oxygens (including phenoxy) is 3. The second-order valence-electron chi connectivity index (χ2n) is 6.43. The highest BCUT2D eigenvalue weighted by molar-refractivity contribution is 7.98. The molecule has 1 aromatic heterocycles. The predicted molar refractivity (Wildman–Crippen MR) is 113 cm³/mol. The molecule has 0 radical (unpaired) electrons. The van der Waals surface area contributed by atoms with Gasteiger partial charge in [0.25, 0.3) is 5.91 Å². The minimum Gasteiger partial charge on any atom is -0.497 e. The summed E-state index contributed by atoms with van der Waals surface area (Å²) >= 11 is 1.78. The van der Waals surface area contributed by atoms with Gasteiger partial charge in [-0.1, -0.05) is 0 Å². The van der Waals surface area contributed by atoms with Gasteiger partial charge in [0.1, 0.15) is 23.1 Å². The molecule has 0 saturated heterocycles. The average molecular weight is 411 g/mol. The predicted octanol–water partition coefficient (Wildman–Crippen LogP) is 3.90. The molecule has 1 amide bonds. The lowest BCUT2D eigenvalue weighted by Gasteiger charge is -2.13. The monoisotopic (exact) mass is 411 g/mol. The fraction of sp³-hybridized carbons (Fsp3) is 0.238. The van der Waals surface area contributed by atoms with Crippen LogP contribution in [0.15, 0.2) is 42.5 Å². The standard InChI is InChI=1S/C21H21N3O4S/c1-26-15-6-4-14(5-7-15)24-20(18-11-29-12-19(18)23-24)22-21(25)13-8-16(27-2)10-17(9-13)28-3/h4-10H,11-12H2,1-3H3,(H,22,25). The van der Waals surface area contributed by atoms with Crippen molar-refractivity contribution in [1.82, 2.24) is 9.78 Å². The summed E-state index contributed by atoms with van der Waals surface area (Å²) in [6.45, 7) is 0. The first-order valence-corrected chi connectivity index (χ1v) is 10.2. The number of amides is 1. The Morgan fingerprint density at radius 2 is 1.62 bits per heavy atom. The molecule has 0 fully saturated rings. The zero-order valence-corrected chi connectivity index (χ0v) is 17.2. The molecule has 29 heavy (non-hydrogen) atoms. The van der Waals surface area contributed by atoms with Gasteiger partial charge in [0, 0.05) is 28.7 Å². The van der Waals surface area contributed by atoms with Crippen molar-refractivity contribution in [3.63, 3.8) is 0 Å². The van der Waals surface area contributed by atoms with Crippen LogP contribution in [0.5, 0.6) is 17.2 Å². The van der Waals surface area contributed by atoms with Gasteiger partial charge < -0.3 is 19.5 Å². The molecule has 0 aliphatic carbocycles. The Hall–Kier alpha value is -3.13. The largest absolute Gasteiger partial charge is 0.497 e. The van der Waals surface area contributed by atoms with E-state index < -0.39 is 0 Å². The summed E-state index contributed by atoms with van der Waals surface area (Å²) in [4.78, 5) is 13.0. The normalized spacial score (nSPS) is 12.4. The number of hydrogen-bond donors (Lipinski definition) is 1. The number of rotatable bonds is 6. The van der Waals surface area contributed by atoms with E-state index in [1.807, 2.05) is 24.3 Å². The number of carbonyl (C=O) groups is 1. The van der Waals surface area contributed by atoms with Crippen LogP contribution in [0.3, 0.4) is 0 Å². The molecule has 1 N–H and O–H groups in total. The van der Waals surface area contributed by atoms with Crippen LogP contribution in [0, 0.1) is 0 Å². The molecule has 1 aliphatic rings. The zero-order valence-electron chi connectivity index (χ0n) is 16.4. The van der Waals surface area contributed by atoms with Crippen LogP contribution in [-0.2, 0) is 11.5 Å². The highest BCUT2D eigenvalue weighted by Gasteiger charge is 2.25. The van der Waals surface area contributed by atoms with E-state index in [0.717, 1.165) is 34.2 Å². The van der Waals surface area contributed by atoms with Crippen LogP contribution in [0.25, 0.3) is 5.69 Å². The summed E-state index contributed by atoms with van der Waals surface area (Å²) in [6.07, 6.45) is 0. The summed E-state index contributed by atoms with van der Waals surface area (Å²) in [5.41, 5.74) is 3.34. The summed E-state index contributed by atoms with van der Waals surface area (Å²) in [6, 6.07) is 12.7. The Labute approximate surface area is 173 Å². The Balaban J connectivity index is 1.70. The minimum atomic E-state index is -0.253. The van der Waals surface area contributed by atoms with E-state index in [9.17, 15) is 4.79 Å². The lowest BCUT2D eigenvalue weighted by Crippen LogP contribution is -2.16. The smallest absolute Gasteiger partial charge is 0.257 e. The Kier molecular flexibility index (Phi) is 5.35. The Morgan fingerprint density at radius 3 is 2.24 bits per heavy atom. The SMILES string of the molecule is COc1ccc(-n2nc3c(c2NC(=O)c2cc(OC)cc(OC)c2)CSC3)cc1. The quantitative estimate of drug-likeness (QED) is 0.663. The van der Waals surface area contributed by atoms with Gasteiger partial charge in [-0.3, -0.25) is 4.79 Å². The second kappa shape index (κ2) is 8.08. The van der Waals surface area contributed by atoms with E-state index in [0.29, 0.717) is 22.9 Å². The number of methoxy groups -OCH3 is 3. The maximum absolute atomic E-state index is 13.0. The summed E-state index contributed by atoms with van der Waals surface area (Å²) in [5, 5.41) is 7.76. The van der Waals surface area contributed by atoms with Crippen LogP contribution >= 0.6 is 11.8 Å². The van der Waals surface area contributed by atoms with Crippen LogP contribution < -0.4 is 19.5 Å². The van der Waals surface area contributed by atoms with Crippen molar-refractivity contribution in [2.45, 2.75) is 11.5 Å². The maximum atomic E-state index is 13.0. The van der Waals surface area contributed by atoms with Crippen LogP contribution in [0.2, 0.25) is 0 Å². The van der Waals surface area contributed by atoms with Gasteiger partial charge in [-0.15, -0.1) is 0 Å². The van der Waals surface area contributed by atoms with E-state index in [1.54, 1.807) is 56.0 Å². The maximum Gasteiger partial charge on any atom is 0.257 e. The number of carbonyl (C=O) groups excluding carboxylic acids is 1. The number of anilines is 1. The second-order valence-corrected chi connectivity index (χ2v) is 7.42. The van der Waals surface area contributed by atoms with Crippen molar-refractivity contribution in [1.29, 1.82) is 0 Å². The molecule has 0 unspecified atom stereocenters. The number of thioether (sulfide) groups is 1. The Morgan fingerprint density at radius 1 is 0.966 bits per heavy atom. The number of nitrogens with one attached hydrogen (secondary N) is 1. The van der Waals surface area contributed by atoms with Gasteiger partial charge in [-0.25, -0.2) is 4.68 Å². The van der Waals surface area contributed by atoms with Crippen LogP contribution in [0.4, 0.5) is 5.82 Å². The molecule has 1 aliphatic heterocycles.